The zero-order valence-corrected chi connectivity index (χ0v) is 20.6. The highest BCUT2D eigenvalue weighted by atomic mass is 35.5. The molecule has 2 N–H and O–H groups in total. The van der Waals surface area contributed by atoms with E-state index in [0.29, 0.717) is 31.8 Å². The Morgan fingerprint density at radius 3 is 2.41 bits per heavy atom. The molecule has 0 spiro atoms. The number of benzene rings is 2. The van der Waals surface area contributed by atoms with Gasteiger partial charge in [-0.2, -0.15) is 5.26 Å². The van der Waals surface area contributed by atoms with E-state index in [1.165, 1.54) is 30.0 Å². The highest BCUT2D eigenvalue weighted by molar-refractivity contribution is 8.07. The highest BCUT2D eigenvalue weighted by Crippen LogP contribution is 2.49. The number of thiophene rings is 1. The van der Waals surface area contributed by atoms with Gasteiger partial charge in [-0.3, -0.25) is 9.59 Å². The van der Waals surface area contributed by atoms with Gasteiger partial charge >= 0.3 is 0 Å². The van der Waals surface area contributed by atoms with Crippen molar-refractivity contribution in [3.05, 3.63) is 103 Å². The third-order valence-corrected chi connectivity index (χ3v) is 7.60. The van der Waals surface area contributed by atoms with Crippen molar-refractivity contribution in [2.24, 2.45) is 0 Å². The minimum atomic E-state index is -0.615. The summed E-state index contributed by atoms with van der Waals surface area (Å²) >= 11 is 9.02. The number of thioether (sulfide) groups is 1. The van der Waals surface area contributed by atoms with Gasteiger partial charge in [-0.1, -0.05) is 59.8 Å². The first kappa shape index (κ1) is 23.8. The zero-order chi connectivity index (χ0) is 24.1. The summed E-state index contributed by atoms with van der Waals surface area (Å²) in [6, 6.07) is 22.4. The molecule has 1 unspecified atom stereocenters. The number of anilines is 2. The van der Waals surface area contributed by atoms with Crippen LogP contribution in [0.5, 0.6) is 0 Å². The summed E-state index contributed by atoms with van der Waals surface area (Å²) in [5, 5.41) is 18.6. The number of nitriles is 1. The molecule has 4 rings (SSSR count). The molecule has 1 aliphatic rings. The van der Waals surface area contributed by atoms with Gasteiger partial charge in [0.2, 0.25) is 0 Å². The molecule has 0 aliphatic carbocycles. The van der Waals surface area contributed by atoms with Gasteiger partial charge in [0.1, 0.15) is 0 Å². The number of allylic oxidation sites excluding steroid dienone is 2. The van der Waals surface area contributed by atoms with E-state index in [1.54, 1.807) is 24.3 Å². The number of ketones is 1. The van der Waals surface area contributed by atoms with Gasteiger partial charge in [-0.05, 0) is 42.6 Å². The van der Waals surface area contributed by atoms with Crippen molar-refractivity contribution in [3.8, 4) is 6.07 Å². The molecule has 5 nitrogen and oxygen atoms in total. The van der Waals surface area contributed by atoms with Crippen molar-refractivity contribution in [3.63, 3.8) is 0 Å². The van der Waals surface area contributed by atoms with Crippen molar-refractivity contribution in [2.75, 3.05) is 10.6 Å². The summed E-state index contributed by atoms with van der Waals surface area (Å²) in [4.78, 5) is 28.1. The Bertz CT molecular complexity index is 1330. The lowest BCUT2D eigenvalue weighted by Gasteiger charge is -2.30. The zero-order valence-electron chi connectivity index (χ0n) is 18.2. The predicted molar refractivity (Wildman–Crippen MR) is 140 cm³/mol. The molecular formula is C26H20ClN3O2S2. The number of amides is 1. The van der Waals surface area contributed by atoms with Gasteiger partial charge in [0.25, 0.3) is 5.91 Å². The number of nitrogens with one attached hydrogen (secondary N) is 2. The summed E-state index contributed by atoms with van der Waals surface area (Å²) in [6.45, 7) is 1.48. The lowest BCUT2D eigenvalue weighted by atomic mass is 9.85. The first-order chi connectivity index (χ1) is 16.5. The fraction of sp³-hybridized carbons (Fsp3) is 0.115. The fourth-order valence-corrected chi connectivity index (χ4v) is 6.01. The molecular weight excluding hydrogens is 486 g/mol. The molecule has 0 saturated heterocycles. The largest absolute Gasteiger partial charge is 0.350 e. The van der Waals surface area contributed by atoms with Crippen LogP contribution in [-0.2, 0) is 9.59 Å². The van der Waals surface area contributed by atoms with E-state index in [-0.39, 0.29) is 18.1 Å². The van der Waals surface area contributed by atoms with Crippen LogP contribution in [0.3, 0.4) is 0 Å². The number of nitrogens with zero attached hydrogens (tertiary/aromatic N) is 1. The first-order valence-electron chi connectivity index (χ1n) is 10.4. The lowest BCUT2D eigenvalue weighted by molar-refractivity contribution is -0.113. The molecule has 0 fully saturated rings. The van der Waals surface area contributed by atoms with Crippen LogP contribution in [0.2, 0.25) is 5.02 Å². The number of hydrogen-bond acceptors (Lipinski definition) is 6. The van der Waals surface area contributed by atoms with Crippen molar-refractivity contribution in [1.29, 1.82) is 5.26 Å². The van der Waals surface area contributed by atoms with Gasteiger partial charge in [0, 0.05) is 21.0 Å². The van der Waals surface area contributed by atoms with Crippen LogP contribution in [0.4, 0.5) is 11.4 Å². The van der Waals surface area contributed by atoms with Crippen LogP contribution in [-0.4, -0.2) is 11.7 Å². The highest BCUT2D eigenvalue weighted by Gasteiger charge is 2.38. The third-order valence-electron chi connectivity index (χ3n) is 5.19. The molecule has 3 aromatic rings. The van der Waals surface area contributed by atoms with Crippen LogP contribution < -0.4 is 10.6 Å². The van der Waals surface area contributed by atoms with Gasteiger partial charge in [-0.25, -0.2) is 0 Å². The Kier molecular flexibility index (Phi) is 7.53. The molecule has 2 heterocycles. The van der Waals surface area contributed by atoms with Crippen molar-refractivity contribution >= 4 is 57.8 Å². The molecule has 0 radical (unpaired) electrons. The Balaban J connectivity index is 1.89. The molecule has 1 aromatic heterocycles. The maximum atomic E-state index is 13.8. The number of rotatable bonds is 7. The number of para-hydroxylation sites is 2. The van der Waals surface area contributed by atoms with E-state index >= 15 is 0 Å². The van der Waals surface area contributed by atoms with E-state index in [2.05, 4.69) is 16.7 Å². The molecule has 8 heteroatoms. The second-order valence-corrected chi connectivity index (χ2v) is 9.94. The molecule has 2 aromatic carbocycles. The fourth-order valence-electron chi connectivity index (χ4n) is 3.74. The predicted octanol–water partition coefficient (Wildman–Crippen LogP) is 6.95. The minimum absolute atomic E-state index is 0.0703. The molecule has 0 saturated carbocycles. The average Bonchev–Trinajstić information content (AvgIpc) is 3.35. The van der Waals surface area contributed by atoms with E-state index in [1.807, 2.05) is 47.8 Å². The summed E-state index contributed by atoms with van der Waals surface area (Å²) in [6.07, 6.45) is 0.0703. The molecule has 1 atom stereocenters. The second kappa shape index (κ2) is 10.7. The SMILES string of the molecule is CC(=O)C1=C(CC#N)SC(Nc2ccccc2)=C(C(=O)Nc2ccccc2Cl)C1c1cccs1. The maximum absolute atomic E-state index is 13.8. The number of carbonyl (C=O) groups is 2. The van der Waals surface area contributed by atoms with E-state index in [4.69, 9.17) is 11.6 Å². The second-order valence-electron chi connectivity index (χ2n) is 7.45. The third kappa shape index (κ3) is 5.10. The number of halogens is 1. The van der Waals surface area contributed by atoms with Crippen LogP contribution in [0.1, 0.15) is 24.1 Å². The number of hydrogen-bond donors (Lipinski definition) is 2. The quantitative estimate of drug-likeness (QED) is 0.363. The first-order valence-corrected chi connectivity index (χ1v) is 12.5. The van der Waals surface area contributed by atoms with Gasteiger partial charge < -0.3 is 10.6 Å². The van der Waals surface area contributed by atoms with Gasteiger partial charge in [-0.15, -0.1) is 11.3 Å². The average molecular weight is 506 g/mol. The van der Waals surface area contributed by atoms with Crippen LogP contribution in [0.25, 0.3) is 0 Å². The van der Waals surface area contributed by atoms with Gasteiger partial charge in [0.05, 0.1) is 39.7 Å². The standard InChI is InChI=1S/C26H20ClN3O2S2/c1-16(31)22-21(13-14-28)34-26(29-17-8-3-2-4-9-17)24(23(22)20-12-7-15-33-20)25(32)30-19-11-6-5-10-18(19)27/h2-12,15,23,29H,13H2,1H3,(H,30,32). The molecule has 1 amide bonds. The summed E-state index contributed by atoms with van der Waals surface area (Å²) in [7, 11) is 0. The summed E-state index contributed by atoms with van der Waals surface area (Å²) in [5.41, 5.74) is 2.15. The van der Waals surface area contributed by atoms with Crippen molar-refractivity contribution in [2.45, 2.75) is 19.3 Å². The van der Waals surface area contributed by atoms with Crippen LogP contribution in [0.15, 0.2) is 93.2 Å². The smallest absolute Gasteiger partial charge is 0.255 e. The van der Waals surface area contributed by atoms with Crippen molar-refractivity contribution < 1.29 is 9.59 Å². The Labute approximate surface area is 211 Å². The normalized spacial score (nSPS) is 15.6. The molecule has 1 aliphatic heterocycles. The Hall–Kier alpha value is -3.31. The van der Waals surface area contributed by atoms with Crippen LogP contribution in [0, 0.1) is 11.3 Å². The topological polar surface area (TPSA) is 82.0 Å². The number of carbonyl (C=O) groups excluding carboxylic acids is 2. The Morgan fingerprint density at radius 1 is 1.03 bits per heavy atom. The maximum Gasteiger partial charge on any atom is 0.255 e. The summed E-state index contributed by atoms with van der Waals surface area (Å²) in [5.74, 6) is -1.15. The van der Waals surface area contributed by atoms with E-state index < -0.39 is 5.92 Å². The lowest BCUT2D eigenvalue weighted by Crippen LogP contribution is -2.28. The van der Waals surface area contributed by atoms with Gasteiger partial charge in [0.15, 0.2) is 5.78 Å². The molecule has 170 valence electrons. The van der Waals surface area contributed by atoms with Crippen molar-refractivity contribution in [1.82, 2.24) is 0 Å². The Morgan fingerprint density at radius 2 is 1.76 bits per heavy atom. The minimum Gasteiger partial charge on any atom is -0.350 e. The molecule has 0 bridgehead atoms. The number of Topliss-reactive ketones (excluding diaryl/α,β-unsaturated/α-hetero) is 1. The van der Waals surface area contributed by atoms with Crippen LogP contribution >= 0.6 is 34.7 Å². The monoisotopic (exact) mass is 505 g/mol. The molecule has 34 heavy (non-hydrogen) atoms. The summed E-state index contributed by atoms with van der Waals surface area (Å²) < 4.78 is 0. The van der Waals surface area contributed by atoms with E-state index in [9.17, 15) is 14.9 Å². The van der Waals surface area contributed by atoms with E-state index in [0.717, 1.165) is 10.6 Å².